The van der Waals surface area contributed by atoms with Crippen molar-refractivity contribution in [3.63, 3.8) is 0 Å². The summed E-state index contributed by atoms with van der Waals surface area (Å²) in [5.74, 6) is 1.36. The van der Waals surface area contributed by atoms with Crippen molar-refractivity contribution in [1.29, 1.82) is 0 Å². The molecule has 30 heavy (non-hydrogen) atoms. The minimum atomic E-state index is 0.413. The lowest BCUT2D eigenvalue weighted by molar-refractivity contribution is 0.134. The predicted molar refractivity (Wildman–Crippen MR) is 125 cm³/mol. The molecule has 0 atom stereocenters. The van der Waals surface area contributed by atoms with Crippen molar-refractivity contribution in [1.82, 2.24) is 20.0 Å². The number of guanidine groups is 1. The van der Waals surface area contributed by atoms with Crippen LogP contribution in [0.3, 0.4) is 0 Å². The standard InChI is InChI=1S/C24H39N5O/c1-6-25-24(28(4)18-22-19-29(5)27-23(22)20(2)3)26-15-10-11-16-30-17-14-21-12-8-7-9-13-21/h7-9,12-13,19-20H,6,10-11,14-18H2,1-5H3,(H,25,26). The summed E-state index contributed by atoms with van der Waals surface area (Å²) in [4.78, 5) is 6.99. The zero-order valence-electron chi connectivity index (χ0n) is 19.4. The Kier molecular flexibility index (Phi) is 10.4. The molecule has 0 radical (unpaired) electrons. The third-order valence-corrected chi connectivity index (χ3v) is 4.92. The molecule has 166 valence electrons. The fraction of sp³-hybridized carbons (Fsp3) is 0.583. The van der Waals surface area contributed by atoms with Gasteiger partial charge in [-0.2, -0.15) is 5.10 Å². The Morgan fingerprint density at radius 1 is 1.20 bits per heavy atom. The third kappa shape index (κ3) is 8.19. The summed E-state index contributed by atoms with van der Waals surface area (Å²) in [6.45, 7) is 10.5. The number of benzene rings is 1. The van der Waals surface area contributed by atoms with E-state index in [-0.39, 0.29) is 0 Å². The average molecular weight is 414 g/mol. The smallest absolute Gasteiger partial charge is 0.193 e. The van der Waals surface area contributed by atoms with Crippen LogP contribution in [-0.4, -0.2) is 54.0 Å². The van der Waals surface area contributed by atoms with Gasteiger partial charge < -0.3 is 15.0 Å². The number of aryl methyl sites for hydroxylation is 1. The molecule has 0 saturated heterocycles. The maximum Gasteiger partial charge on any atom is 0.193 e. The van der Waals surface area contributed by atoms with Gasteiger partial charge in [-0.3, -0.25) is 9.67 Å². The molecule has 0 aliphatic rings. The Morgan fingerprint density at radius 2 is 1.97 bits per heavy atom. The number of nitrogens with zero attached hydrogens (tertiary/aromatic N) is 4. The highest BCUT2D eigenvalue weighted by Crippen LogP contribution is 2.18. The summed E-state index contributed by atoms with van der Waals surface area (Å²) in [5, 5.41) is 8.02. The van der Waals surface area contributed by atoms with Crippen LogP contribution >= 0.6 is 0 Å². The maximum absolute atomic E-state index is 5.77. The summed E-state index contributed by atoms with van der Waals surface area (Å²) in [5.41, 5.74) is 3.75. The summed E-state index contributed by atoms with van der Waals surface area (Å²) < 4.78 is 7.68. The van der Waals surface area contributed by atoms with Crippen LogP contribution in [0, 0.1) is 0 Å². The molecule has 0 saturated carbocycles. The number of rotatable bonds is 12. The van der Waals surface area contributed by atoms with E-state index in [1.54, 1.807) is 0 Å². The topological polar surface area (TPSA) is 54.7 Å². The molecule has 0 spiro atoms. The number of nitrogens with one attached hydrogen (secondary N) is 1. The third-order valence-electron chi connectivity index (χ3n) is 4.92. The van der Waals surface area contributed by atoms with Crippen molar-refractivity contribution in [2.45, 2.75) is 52.5 Å². The quantitative estimate of drug-likeness (QED) is 0.325. The van der Waals surface area contributed by atoms with Crippen LogP contribution in [0.1, 0.15) is 56.4 Å². The van der Waals surface area contributed by atoms with E-state index in [2.05, 4.69) is 73.6 Å². The van der Waals surface area contributed by atoms with Gasteiger partial charge in [-0.15, -0.1) is 0 Å². The Hall–Kier alpha value is -2.34. The fourth-order valence-electron chi connectivity index (χ4n) is 3.40. The van der Waals surface area contributed by atoms with Crippen LogP contribution in [-0.2, 0) is 24.8 Å². The molecule has 1 aromatic heterocycles. The molecule has 1 heterocycles. The van der Waals surface area contributed by atoms with Crippen molar-refractivity contribution in [3.8, 4) is 0 Å². The number of unbranched alkanes of at least 4 members (excludes halogenated alkanes) is 1. The molecular formula is C24H39N5O. The number of hydrogen-bond donors (Lipinski definition) is 1. The second-order valence-corrected chi connectivity index (χ2v) is 8.01. The van der Waals surface area contributed by atoms with Gasteiger partial charge in [0, 0.05) is 52.1 Å². The van der Waals surface area contributed by atoms with Gasteiger partial charge in [0.05, 0.1) is 12.3 Å². The lowest BCUT2D eigenvalue weighted by atomic mass is 10.1. The summed E-state index contributed by atoms with van der Waals surface area (Å²) >= 11 is 0. The Bertz CT molecular complexity index is 754. The van der Waals surface area contributed by atoms with Gasteiger partial charge in [-0.05, 0) is 37.7 Å². The number of aliphatic imine (C=N–C) groups is 1. The Labute approximate surface area is 182 Å². The second kappa shape index (κ2) is 13.1. The Morgan fingerprint density at radius 3 is 2.67 bits per heavy atom. The molecule has 0 fully saturated rings. The molecule has 1 N–H and O–H groups in total. The van der Waals surface area contributed by atoms with Crippen molar-refractivity contribution in [3.05, 3.63) is 53.3 Å². The highest BCUT2D eigenvalue weighted by Gasteiger charge is 2.15. The van der Waals surface area contributed by atoms with E-state index >= 15 is 0 Å². The van der Waals surface area contributed by atoms with E-state index in [1.165, 1.54) is 11.1 Å². The number of ether oxygens (including phenoxy) is 1. The first kappa shape index (κ1) is 23.9. The lowest BCUT2D eigenvalue weighted by Gasteiger charge is -2.22. The van der Waals surface area contributed by atoms with Crippen LogP contribution < -0.4 is 5.32 Å². The van der Waals surface area contributed by atoms with Crippen LogP contribution in [0.4, 0.5) is 0 Å². The van der Waals surface area contributed by atoms with E-state index in [9.17, 15) is 0 Å². The molecule has 0 aliphatic heterocycles. The Balaban J connectivity index is 1.73. The van der Waals surface area contributed by atoms with Crippen LogP contribution in [0.25, 0.3) is 0 Å². The highest BCUT2D eigenvalue weighted by molar-refractivity contribution is 5.79. The predicted octanol–water partition coefficient (Wildman–Crippen LogP) is 3.98. The minimum absolute atomic E-state index is 0.413. The maximum atomic E-state index is 5.77. The summed E-state index contributed by atoms with van der Waals surface area (Å²) in [6, 6.07) is 10.5. The van der Waals surface area contributed by atoms with E-state index in [0.717, 1.165) is 63.8 Å². The normalized spacial score (nSPS) is 11.9. The van der Waals surface area contributed by atoms with Crippen LogP contribution in [0.2, 0.25) is 0 Å². The molecule has 1 aromatic carbocycles. The van der Waals surface area contributed by atoms with E-state index in [4.69, 9.17) is 9.73 Å². The van der Waals surface area contributed by atoms with Gasteiger partial charge in [-0.25, -0.2) is 0 Å². The second-order valence-electron chi connectivity index (χ2n) is 8.01. The average Bonchev–Trinajstić information content (AvgIpc) is 3.10. The van der Waals surface area contributed by atoms with Crippen LogP contribution in [0.5, 0.6) is 0 Å². The van der Waals surface area contributed by atoms with E-state index in [0.29, 0.717) is 5.92 Å². The SMILES string of the molecule is CCNC(=NCCCCOCCc1ccccc1)N(C)Cc1cn(C)nc1C(C)C. The van der Waals surface area contributed by atoms with Gasteiger partial charge in [-0.1, -0.05) is 44.2 Å². The van der Waals surface area contributed by atoms with Gasteiger partial charge in [0.15, 0.2) is 5.96 Å². The van der Waals surface area contributed by atoms with Gasteiger partial charge in [0.1, 0.15) is 0 Å². The molecule has 0 bridgehead atoms. The zero-order chi connectivity index (χ0) is 21.8. The monoisotopic (exact) mass is 413 g/mol. The molecule has 2 rings (SSSR count). The molecule has 6 heteroatoms. The first-order chi connectivity index (χ1) is 14.5. The first-order valence-electron chi connectivity index (χ1n) is 11.1. The molecule has 6 nitrogen and oxygen atoms in total. The number of hydrogen-bond acceptors (Lipinski definition) is 3. The van der Waals surface area contributed by atoms with Crippen molar-refractivity contribution in [2.24, 2.45) is 12.0 Å². The van der Waals surface area contributed by atoms with Gasteiger partial charge >= 0.3 is 0 Å². The van der Waals surface area contributed by atoms with E-state index in [1.807, 2.05) is 17.8 Å². The van der Waals surface area contributed by atoms with Crippen LogP contribution in [0.15, 0.2) is 41.5 Å². The van der Waals surface area contributed by atoms with Gasteiger partial charge in [0.2, 0.25) is 0 Å². The molecule has 0 aliphatic carbocycles. The first-order valence-corrected chi connectivity index (χ1v) is 11.1. The van der Waals surface area contributed by atoms with E-state index < -0.39 is 0 Å². The summed E-state index contributed by atoms with van der Waals surface area (Å²) in [6.07, 6.45) is 5.14. The highest BCUT2D eigenvalue weighted by atomic mass is 16.5. The lowest BCUT2D eigenvalue weighted by Crippen LogP contribution is -2.38. The van der Waals surface area contributed by atoms with Crippen molar-refractivity contribution < 1.29 is 4.74 Å². The number of aromatic nitrogens is 2. The van der Waals surface area contributed by atoms with Crippen molar-refractivity contribution >= 4 is 5.96 Å². The largest absolute Gasteiger partial charge is 0.381 e. The summed E-state index contributed by atoms with van der Waals surface area (Å²) in [7, 11) is 4.07. The minimum Gasteiger partial charge on any atom is -0.381 e. The molecule has 0 amide bonds. The zero-order valence-corrected chi connectivity index (χ0v) is 19.4. The van der Waals surface area contributed by atoms with Crippen molar-refractivity contribution in [2.75, 3.05) is 33.4 Å². The molecule has 0 unspecified atom stereocenters. The molecular weight excluding hydrogens is 374 g/mol. The molecule has 2 aromatic rings. The fourth-order valence-corrected chi connectivity index (χ4v) is 3.40. The van der Waals surface area contributed by atoms with Gasteiger partial charge in [0.25, 0.3) is 0 Å².